The van der Waals surface area contributed by atoms with Crippen LogP contribution in [0.5, 0.6) is 0 Å². The standard InChI is InChI=1S/C11H12N2O6S2/c1-13-8(14)5-7(11(13)17)12-21(18,19)10-3-2-6(20-10)4-9(15)16/h2-3,7,12H,4-5H2,1H3,(H,15,16). The van der Waals surface area contributed by atoms with Crippen molar-refractivity contribution in [3.05, 3.63) is 17.0 Å². The number of rotatable bonds is 5. The minimum atomic E-state index is -3.96. The fourth-order valence-electron chi connectivity index (χ4n) is 1.84. The number of hydrogen-bond donors (Lipinski definition) is 2. The van der Waals surface area contributed by atoms with E-state index in [0.29, 0.717) is 4.88 Å². The Labute approximate surface area is 124 Å². The summed E-state index contributed by atoms with van der Waals surface area (Å²) in [6, 6.07) is 1.56. The minimum absolute atomic E-state index is 0.0893. The maximum Gasteiger partial charge on any atom is 0.308 e. The van der Waals surface area contributed by atoms with Gasteiger partial charge in [0.2, 0.25) is 11.8 Å². The second-order valence-corrected chi connectivity index (χ2v) is 7.57. The van der Waals surface area contributed by atoms with E-state index in [1.54, 1.807) is 0 Å². The highest BCUT2D eigenvalue weighted by Gasteiger charge is 2.38. The third kappa shape index (κ3) is 3.28. The minimum Gasteiger partial charge on any atom is -0.481 e. The van der Waals surface area contributed by atoms with Crippen LogP contribution in [0.3, 0.4) is 0 Å². The topological polar surface area (TPSA) is 121 Å². The monoisotopic (exact) mass is 332 g/mol. The number of thiophene rings is 1. The zero-order valence-corrected chi connectivity index (χ0v) is 12.5. The summed E-state index contributed by atoms with van der Waals surface area (Å²) in [5.41, 5.74) is 0. The van der Waals surface area contributed by atoms with Crippen molar-refractivity contribution < 1.29 is 27.9 Å². The van der Waals surface area contributed by atoms with Crippen LogP contribution in [-0.2, 0) is 30.8 Å². The summed E-state index contributed by atoms with van der Waals surface area (Å²) in [7, 11) is -2.68. The summed E-state index contributed by atoms with van der Waals surface area (Å²) in [4.78, 5) is 34.9. The molecule has 10 heteroatoms. The molecular formula is C11H12N2O6S2. The third-order valence-corrected chi connectivity index (χ3v) is 5.95. The molecule has 1 aromatic heterocycles. The number of nitrogens with one attached hydrogen (secondary N) is 1. The Hall–Kier alpha value is -1.78. The van der Waals surface area contributed by atoms with Gasteiger partial charge in [0.1, 0.15) is 10.3 Å². The lowest BCUT2D eigenvalue weighted by molar-refractivity contribution is -0.137. The first kappa shape index (κ1) is 15.6. The Balaban J connectivity index is 2.15. The van der Waals surface area contributed by atoms with E-state index in [0.717, 1.165) is 16.2 Å². The van der Waals surface area contributed by atoms with Crippen LogP contribution in [0.1, 0.15) is 11.3 Å². The number of carbonyl (C=O) groups is 3. The first-order valence-electron chi connectivity index (χ1n) is 5.84. The van der Waals surface area contributed by atoms with Gasteiger partial charge in [-0.15, -0.1) is 11.3 Å². The Morgan fingerprint density at radius 3 is 2.67 bits per heavy atom. The van der Waals surface area contributed by atoms with E-state index in [1.807, 2.05) is 0 Å². The summed E-state index contributed by atoms with van der Waals surface area (Å²) in [5, 5.41) is 8.66. The number of imide groups is 1. The van der Waals surface area contributed by atoms with E-state index < -0.39 is 33.8 Å². The molecule has 0 radical (unpaired) electrons. The second kappa shape index (κ2) is 5.54. The maximum absolute atomic E-state index is 12.1. The molecule has 2 heterocycles. The number of likely N-dealkylation sites (tertiary alicyclic amines) is 1. The van der Waals surface area contributed by atoms with Gasteiger partial charge in [0.05, 0.1) is 12.8 Å². The van der Waals surface area contributed by atoms with Crippen LogP contribution < -0.4 is 4.72 Å². The van der Waals surface area contributed by atoms with Crippen LogP contribution in [0.15, 0.2) is 16.3 Å². The van der Waals surface area contributed by atoms with Gasteiger partial charge in [-0.3, -0.25) is 19.3 Å². The normalized spacial score (nSPS) is 19.3. The molecule has 1 fully saturated rings. The number of hydrogen-bond acceptors (Lipinski definition) is 6. The lowest BCUT2D eigenvalue weighted by atomic mass is 10.3. The van der Waals surface area contributed by atoms with Crippen molar-refractivity contribution in [3.8, 4) is 0 Å². The quantitative estimate of drug-likeness (QED) is 0.695. The molecular weight excluding hydrogens is 320 g/mol. The molecule has 1 aliphatic heterocycles. The van der Waals surface area contributed by atoms with Gasteiger partial charge in [-0.25, -0.2) is 8.42 Å². The largest absolute Gasteiger partial charge is 0.481 e. The molecule has 0 aliphatic carbocycles. The highest BCUT2D eigenvalue weighted by atomic mass is 32.2. The fraction of sp³-hybridized carbons (Fsp3) is 0.364. The van der Waals surface area contributed by atoms with E-state index in [9.17, 15) is 22.8 Å². The highest BCUT2D eigenvalue weighted by Crippen LogP contribution is 2.23. The Morgan fingerprint density at radius 2 is 2.14 bits per heavy atom. The molecule has 1 unspecified atom stereocenters. The van der Waals surface area contributed by atoms with Crippen LogP contribution in [0.25, 0.3) is 0 Å². The first-order valence-corrected chi connectivity index (χ1v) is 8.14. The van der Waals surface area contributed by atoms with Crippen LogP contribution in [0.2, 0.25) is 0 Å². The van der Waals surface area contributed by atoms with Crippen molar-refractivity contribution in [1.29, 1.82) is 0 Å². The number of likely N-dealkylation sites (N-methyl/N-ethyl adjacent to an activating group) is 1. The van der Waals surface area contributed by atoms with E-state index in [2.05, 4.69) is 4.72 Å². The molecule has 114 valence electrons. The zero-order chi connectivity index (χ0) is 15.8. The van der Waals surface area contributed by atoms with Crippen molar-refractivity contribution in [2.24, 2.45) is 0 Å². The smallest absolute Gasteiger partial charge is 0.308 e. The van der Waals surface area contributed by atoms with Gasteiger partial charge >= 0.3 is 5.97 Å². The van der Waals surface area contributed by atoms with Gasteiger partial charge in [-0.05, 0) is 12.1 Å². The molecule has 1 aromatic rings. The van der Waals surface area contributed by atoms with Crippen molar-refractivity contribution in [2.45, 2.75) is 23.1 Å². The average Bonchev–Trinajstić information content (AvgIpc) is 2.91. The molecule has 2 rings (SSSR count). The van der Waals surface area contributed by atoms with Crippen molar-refractivity contribution in [2.75, 3.05) is 7.05 Å². The van der Waals surface area contributed by atoms with Gasteiger partial charge in [-0.1, -0.05) is 0 Å². The predicted octanol–water partition coefficient (Wildman–Crippen LogP) is -0.589. The number of nitrogens with zero attached hydrogens (tertiary/aromatic N) is 1. The average molecular weight is 332 g/mol. The number of aliphatic carboxylic acids is 1. The van der Waals surface area contributed by atoms with Crippen LogP contribution >= 0.6 is 11.3 Å². The van der Waals surface area contributed by atoms with Crippen LogP contribution in [-0.4, -0.2) is 49.3 Å². The summed E-state index contributed by atoms with van der Waals surface area (Å²) < 4.78 is 26.3. The van der Waals surface area contributed by atoms with Crippen molar-refractivity contribution in [1.82, 2.24) is 9.62 Å². The van der Waals surface area contributed by atoms with Gasteiger partial charge in [0.25, 0.3) is 10.0 Å². The number of sulfonamides is 1. The molecule has 0 saturated carbocycles. The number of carboxylic acid groups (broad SMARTS) is 1. The molecule has 2 amide bonds. The summed E-state index contributed by atoms with van der Waals surface area (Å²) in [6.45, 7) is 0. The van der Waals surface area contributed by atoms with Gasteiger partial charge in [0.15, 0.2) is 0 Å². The molecule has 0 aromatic carbocycles. The molecule has 8 nitrogen and oxygen atoms in total. The number of amides is 2. The maximum atomic E-state index is 12.1. The zero-order valence-electron chi connectivity index (χ0n) is 10.9. The Bertz CT molecular complexity index is 708. The molecule has 1 atom stereocenters. The molecule has 1 saturated heterocycles. The predicted molar refractivity (Wildman–Crippen MR) is 72.2 cm³/mol. The van der Waals surface area contributed by atoms with Crippen molar-refractivity contribution >= 4 is 39.1 Å². The van der Waals surface area contributed by atoms with Gasteiger partial charge < -0.3 is 5.11 Å². The molecule has 0 spiro atoms. The lowest BCUT2D eigenvalue weighted by Crippen LogP contribution is -2.40. The fourth-order valence-corrected chi connectivity index (χ4v) is 4.39. The van der Waals surface area contributed by atoms with Crippen LogP contribution in [0, 0.1) is 0 Å². The van der Waals surface area contributed by atoms with Gasteiger partial charge in [-0.2, -0.15) is 4.72 Å². The summed E-state index contributed by atoms with van der Waals surface area (Å²) in [5.74, 6) is -2.12. The third-order valence-electron chi connectivity index (χ3n) is 2.91. The molecule has 0 bridgehead atoms. The first-order chi connectivity index (χ1) is 9.70. The molecule has 2 N–H and O–H groups in total. The lowest BCUT2D eigenvalue weighted by Gasteiger charge is -2.10. The van der Waals surface area contributed by atoms with Crippen molar-refractivity contribution in [3.63, 3.8) is 0 Å². The van der Waals surface area contributed by atoms with E-state index in [-0.39, 0.29) is 17.1 Å². The SMILES string of the molecule is CN1C(=O)CC(NS(=O)(=O)c2ccc(CC(=O)O)s2)C1=O. The summed E-state index contributed by atoms with van der Waals surface area (Å²) in [6.07, 6.45) is -0.494. The van der Waals surface area contributed by atoms with Crippen LogP contribution in [0.4, 0.5) is 0 Å². The Morgan fingerprint density at radius 1 is 1.48 bits per heavy atom. The molecule has 21 heavy (non-hydrogen) atoms. The van der Waals surface area contributed by atoms with E-state index in [4.69, 9.17) is 5.11 Å². The Kier molecular flexibility index (Phi) is 4.12. The second-order valence-electron chi connectivity index (χ2n) is 4.46. The summed E-state index contributed by atoms with van der Waals surface area (Å²) >= 11 is 0.813. The van der Waals surface area contributed by atoms with E-state index >= 15 is 0 Å². The molecule has 1 aliphatic rings. The van der Waals surface area contributed by atoms with E-state index in [1.165, 1.54) is 19.2 Å². The van der Waals surface area contributed by atoms with Gasteiger partial charge in [0, 0.05) is 11.9 Å². The highest BCUT2D eigenvalue weighted by molar-refractivity contribution is 7.91. The number of carboxylic acids is 1. The number of carbonyl (C=O) groups excluding carboxylic acids is 2.